The number of hydrogen-bond donors (Lipinski definition) is 1. The summed E-state index contributed by atoms with van der Waals surface area (Å²) in [6.45, 7) is -1.18. The summed E-state index contributed by atoms with van der Waals surface area (Å²) in [5, 5.41) is 10.0. The van der Waals surface area contributed by atoms with Gasteiger partial charge in [-0.2, -0.15) is 14.0 Å². The molecule has 9 nitrogen and oxygen atoms in total. The number of nitrogen functional groups attached to an aromatic ring is 1. The Balaban J connectivity index is 1.68. The monoisotopic (exact) mass is 544 g/mol. The summed E-state index contributed by atoms with van der Waals surface area (Å²) in [6, 6.07) is 10.8. The van der Waals surface area contributed by atoms with Crippen molar-refractivity contribution in [2.45, 2.75) is 19.3 Å². The van der Waals surface area contributed by atoms with Crippen molar-refractivity contribution in [2.24, 2.45) is 4.99 Å². The molecule has 1 aliphatic rings. The van der Waals surface area contributed by atoms with Gasteiger partial charge in [0.15, 0.2) is 5.17 Å². The topological polar surface area (TPSA) is 131 Å². The van der Waals surface area contributed by atoms with Crippen LogP contribution in [0.5, 0.6) is 5.75 Å². The van der Waals surface area contributed by atoms with E-state index in [1.165, 1.54) is 41.5 Å². The molecule has 0 saturated heterocycles. The van der Waals surface area contributed by atoms with Crippen LogP contribution >= 0.6 is 23.1 Å². The first-order chi connectivity index (χ1) is 17.8. The number of rotatable bonds is 8. The van der Waals surface area contributed by atoms with Crippen molar-refractivity contribution in [1.29, 1.82) is 5.26 Å². The number of anilines is 2. The lowest BCUT2D eigenvalue weighted by Crippen LogP contribution is -2.30. The summed E-state index contributed by atoms with van der Waals surface area (Å²) in [4.78, 5) is 31.7. The Hall–Kier alpha value is -4.15. The third kappa shape index (κ3) is 5.65. The van der Waals surface area contributed by atoms with Gasteiger partial charge >= 0.3 is 12.6 Å². The van der Waals surface area contributed by atoms with E-state index < -0.39 is 18.5 Å². The highest BCUT2D eigenvalue weighted by molar-refractivity contribution is 8.13. The van der Waals surface area contributed by atoms with Crippen molar-refractivity contribution in [1.82, 2.24) is 0 Å². The van der Waals surface area contributed by atoms with Crippen LogP contribution in [0.4, 0.5) is 19.5 Å². The fourth-order valence-electron chi connectivity index (χ4n) is 3.35. The van der Waals surface area contributed by atoms with E-state index in [0.29, 0.717) is 17.0 Å². The number of thiophene rings is 1. The molecule has 2 N–H and O–H groups in total. The fourth-order valence-corrected chi connectivity index (χ4v) is 5.41. The van der Waals surface area contributed by atoms with E-state index in [2.05, 4.69) is 9.73 Å². The number of aliphatic imine (C=N–C) groups is 1. The second-order valence-electron chi connectivity index (χ2n) is 7.22. The molecule has 0 bridgehead atoms. The zero-order chi connectivity index (χ0) is 26.5. The Bertz CT molecular complexity index is 1410. The molecule has 190 valence electrons. The molecule has 0 saturated carbocycles. The third-order valence-electron chi connectivity index (χ3n) is 4.92. The van der Waals surface area contributed by atoms with Crippen molar-refractivity contribution in [3.63, 3.8) is 0 Å². The second kappa shape index (κ2) is 11.3. The van der Waals surface area contributed by atoms with Gasteiger partial charge < -0.3 is 19.6 Å². The maximum Gasteiger partial charge on any atom is 0.387 e. The van der Waals surface area contributed by atoms with Crippen LogP contribution in [0, 0.1) is 11.3 Å². The van der Waals surface area contributed by atoms with Gasteiger partial charge in [-0.1, -0.05) is 11.8 Å². The number of halogens is 2. The second-order valence-corrected chi connectivity index (χ2v) is 9.22. The number of benzene rings is 1. The van der Waals surface area contributed by atoms with E-state index in [4.69, 9.17) is 14.9 Å². The van der Waals surface area contributed by atoms with Crippen LogP contribution in [0.2, 0.25) is 0 Å². The SMILES string of the molecule is CCOC(=O)c1sc(N)c(C#N)c1CSC1=N/C(=C\c2ccco2)C(=O)N1c1ccc(OC(F)F)cc1. The first-order valence-electron chi connectivity index (χ1n) is 10.7. The number of alkyl halides is 2. The first kappa shape index (κ1) is 25.9. The molecule has 0 atom stereocenters. The van der Waals surface area contributed by atoms with E-state index >= 15 is 0 Å². The summed E-state index contributed by atoms with van der Waals surface area (Å²) >= 11 is 2.04. The minimum atomic E-state index is -2.99. The molecular formula is C24H18F2N4O5S2. The van der Waals surface area contributed by atoms with Gasteiger partial charge in [-0.3, -0.25) is 9.69 Å². The number of thioether (sulfide) groups is 1. The maximum absolute atomic E-state index is 13.3. The molecule has 13 heteroatoms. The Morgan fingerprint density at radius 2 is 2.11 bits per heavy atom. The zero-order valence-corrected chi connectivity index (χ0v) is 20.8. The van der Waals surface area contributed by atoms with Crippen molar-refractivity contribution >= 4 is 56.9 Å². The van der Waals surface area contributed by atoms with Crippen LogP contribution in [-0.2, 0) is 15.3 Å². The molecule has 0 aliphatic carbocycles. The average molecular weight is 545 g/mol. The van der Waals surface area contributed by atoms with Crippen LogP contribution < -0.4 is 15.4 Å². The largest absolute Gasteiger partial charge is 0.465 e. The number of furan rings is 1. The molecule has 4 rings (SSSR count). The lowest BCUT2D eigenvalue weighted by Gasteiger charge is -2.18. The van der Waals surface area contributed by atoms with E-state index in [9.17, 15) is 23.6 Å². The number of carbonyl (C=O) groups is 2. The molecule has 1 aliphatic heterocycles. The Morgan fingerprint density at radius 1 is 1.35 bits per heavy atom. The minimum Gasteiger partial charge on any atom is -0.465 e. The van der Waals surface area contributed by atoms with Crippen LogP contribution in [-0.4, -0.2) is 30.3 Å². The molecule has 37 heavy (non-hydrogen) atoms. The Labute approximate surface area is 217 Å². The molecule has 0 fully saturated rings. The number of nitrogens with two attached hydrogens (primary N) is 1. The highest BCUT2D eigenvalue weighted by Crippen LogP contribution is 2.37. The summed E-state index contributed by atoms with van der Waals surface area (Å²) in [5.74, 6) is -0.688. The molecule has 0 radical (unpaired) electrons. The lowest BCUT2D eigenvalue weighted by molar-refractivity contribution is -0.113. The Morgan fingerprint density at radius 3 is 2.73 bits per heavy atom. The zero-order valence-electron chi connectivity index (χ0n) is 19.1. The molecule has 0 unspecified atom stereocenters. The van der Waals surface area contributed by atoms with Gasteiger partial charge in [0.1, 0.15) is 33.2 Å². The smallest absolute Gasteiger partial charge is 0.387 e. The Kier molecular flexibility index (Phi) is 7.90. The summed E-state index contributed by atoms with van der Waals surface area (Å²) in [7, 11) is 0. The normalized spacial score (nSPS) is 14.2. The van der Waals surface area contributed by atoms with Gasteiger partial charge in [-0.25, -0.2) is 9.79 Å². The highest BCUT2D eigenvalue weighted by atomic mass is 32.2. The van der Waals surface area contributed by atoms with Crippen LogP contribution in [0.15, 0.2) is 57.8 Å². The number of hydrogen-bond acceptors (Lipinski definition) is 10. The molecule has 2 aromatic heterocycles. The van der Waals surface area contributed by atoms with E-state index in [1.54, 1.807) is 19.1 Å². The number of esters is 1. The molecule has 0 spiro atoms. The predicted molar refractivity (Wildman–Crippen MR) is 135 cm³/mol. The predicted octanol–water partition coefficient (Wildman–Crippen LogP) is 5.25. The summed E-state index contributed by atoms with van der Waals surface area (Å²) < 4.78 is 39.9. The highest BCUT2D eigenvalue weighted by Gasteiger charge is 2.33. The number of nitriles is 1. The first-order valence-corrected chi connectivity index (χ1v) is 12.5. The van der Waals surface area contributed by atoms with Crippen molar-refractivity contribution in [3.8, 4) is 11.8 Å². The van der Waals surface area contributed by atoms with E-state index in [-0.39, 0.29) is 44.4 Å². The molecule has 1 aromatic carbocycles. The van der Waals surface area contributed by atoms with E-state index in [0.717, 1.165) is 23.1 Å². The molecule has 3 aromatic rings. The number of carbonyl (C=O) groups excluding carboxylic acids is 2. The third-order valence-corrected chi connectivity index (χ3v) is 6.93. The van der Waals surface area contributed by atoms with Gasteiger partial charge in [-0.05, 0) is 43.3 Å². The minimum absolute atomic E-state index is 0.0707. The number of nitrogens with zero attached hydrogens (tertiary/aromatic N) is 3. The number of amides is 1. The molecule has 1 amide bonds. The fraction of sp³-hybridized carbons (Fsp3) is 0.167. The van der Waals surface area contributed by atoms with Gasteiger partial charge in [-0.15, -0.1) is 11.3 Å². The van der Waals surface area contributed by atoms with Crippen molar-refractivity contribution < 1.29 is 32.3 Å². The molecular weight excluding hydrogens is 526 g/mol. The standard InChI is InChI=1S/C24H18F2N4O5S2/c1-2-33-22(32)19-17(16(11-27)20(28)37-19)12-36-24-29-18(10-15-4-3-9-34-15)21(31)30(24)13-5-7-14(8-6-13)35-23(25)26/h3-10,23H,2,12,28H2,1H3/b18-10-. The van der Waals surface area contributed by atoms with Gasteiger partial charge in [0, 0.05) is 17.4 Å². The van der Waals surface area contributed by atoms with Crippen LogP contribution in [0.3, 0.4) is 0 Å². The van der Waals surface area contributed by atoms with Crippen LogP contribution in [0.25, 0.3) is 6.08 Å². The van der Waals surface area contributed by atoms with Gasteiger partial charge in [0.25, 0.3) is 5.91 Å². The summed E-state index contributed by atoms with van der Waals surface area (Å²) in [5.41, 5.74) is 6.89. The molecule has 3 heterocycles. The number of ether oxygens (including phenoxy) is 2. The quantitative estimate of drug-likeness (QED) is 0.301. The van der Waals surface area contributed by atoms with Gasteiger partial charge in [0.2, 0.25) is 0 Å². The van der Waals surface area contributed by atoms with Crippen LogP contribution in [0.1, 0.15) is 33.5 Å². The van der Waals surface area contributed by atoms with Crippen molar-refractivity contribution in [3.05, 3.63) is 70.1 Å². The lowest BCUT2D eigenvalue weighted by atomic mass is 10.2. The number of amidine groups is 1. The van der Waals surface area contributed by atoms with Crippen molar-refractivity contribution in [2.75, 3.05) is 17.2 Å². The van der Waals surface area contributed by atoms with Gasteiger partial charge in [0.05, 0.1) is 24.1 Å². The average Bonchev–Trinajstić information content (AvgIpc) is 3.57. The maximum atomic E-state index is 13.3. The summed E-state index contributed by atoms with van der Waals surface area (Å²) in [6.07, 6.45) is 2.91. The van der Waals surface area contributed by atoms with E-state index in [1.807, 2.05) is 6.07 Å².